The molecule has 24 heavy (non-hydrogen) atoms. The molecule has 2 N–H and O–H groups in total. The quantitative estimate of drug-likeness (QED) is 0.708. The van der Waals surface area contributed by atoms with Gasteiger partial charge in [-0.2, -0.15) is 0 Å². The van der Waals surface area contributed by atoms with E-state index in [0.717, 1.165) is 0 Å². The maximum Gasteiger partial charge on any atom is 0.255 e. The van der Waals surface area contributed by atoms with Gasteiger partial charge in [0.2, 0.25) is 0 Å². The first-order valence-corrected chi connectivity index (χ1v) is 7.26. The van der Waals surface area contributed by atoms with Crippen molar-refractivity contribution in [3.8, 4) is 5.75 Å². The normalized spacial score (nSPS) is 10.2. The molecule has 0 unspecified atom stereocenters. The lowest BCUT2D eigenvalue weighted by Crippen LogP contribution is -2.13. The van der Waals surface area contributed by atoms with Crippen LogP contribution >= 0.6 is 0 Å². The lowest BCUT2D eigenvalue weighted by molar-refractivity contribution is 0.102. The molecule has 0 fully saturated rings. The van der Waals surface area contributed by atoms with E-state index in [9.17, 15) is 9.59 Å². The highest BCUT2D eigenvalue weighted by Crippen LogP contribution is 2.22. The van der Waals surface area contributed by atoms with Crippen LogP contribution in [0.25, 0.3) is 0 Å². The number of ether oxygens (including phenoxy) is 1. The molecule has 3 rings (SSSR count). The van der Waals surface area contributed by atoms with Crippen molar-refractivity contribution in [1.82, 2.24) is 9.97 Å². The van der Waals surface area contributed by atoms with Crippen molar-refractivity contribution in [2.75, 3.05) is 12.4 Å². The Hall–Kier alpha value is -3.41. The first-order valence-electron chi connectivity index (χ1n) is 7.26. The zero-order chi connectivity index (χ0) is 16.9. The van der Waals surface area contributed by atoms with Crippen molar-refractivity contribution >= 4 is 17.4 Å². The highest BCUT2D eigenvalue weighted by Gasteiger charge is 2.12. The predicted octanol–water partition coefficient (Wildman–Crippen LogP) is 2.90. The van der Waals surface area contributed by atoms with Gasteiger partial charge in [-0.25, -0.2) is 0 Å². The minimum atomic E-state index is -0.304. The molecule has 0 aliphatic carbocycles. The summed E-state index contributed by atoms with van der Waals surface area (Å²) < 4.78 is 5.17. The number of anilines is 1. The summed E-state index contributed by atoms with van der Waals surface area (Å²) in [6.07, 6.45) is 6.42. The van der Waals surface area contributed by atoms with E-state index in [1.54, 1.807) is 55.0 Å². The first kappa shape index (κ1) is 15.5. The van der Waals surface area contributed by atoms with Crippen LogP contribution in [0.15, 0.2) is 61.2 Å². The highest BCUT2D eigenvalue weighted by molar-refractivity contribution is 6.10. The summed E-state index contributed by atoms with van der Waals surface area (Å²) in [7, 11) is 1.52. The van der Waals surface area contributed by atoms with Gasteiger partial charge < -0.3 is 15.0 Å². The Labute approximate surface area is 138 Å². The molecule has 1 amide bonds. The first-order chi connectivity index (χ1) is 11.7. The number of nitrogens with one attached hydrogen (secondary N) is 2. The zero-order valence-corrected chi connectivity index (χ0v) is 12.9. The summed E-state index contributed by atoms with van der Waals surface area (Å²) in [6, 6.07) is 9.84. The molecular formula is C18H15N3O3. The number of carbonyl (C=O) groups is 2. The fourth-order valence-corrected chi connectivity index (χ4v) is 2.25. The van der Waals surface area contributed by atoms with Gasteiger partial charge >= 0.3 is 0 Å². The standard InChI is InChI=1S/C18H15N3O3/c1-24-16-7-9-20-11-15(16)21-18(23)13-4-2-12(3-5-13)17(22)14-6-8-19-10-14/h2-11,19H,1H3,(H,21,23). The Balaban J connectivity index is 1.76. The summed E-state index contributed by atoms with van der Waals surface area (Å²) in [5, 5.41) is 2.74. The predicted molar refractivity (Wildman–Crippen MR) is 89.4 cm³/mol. The Kier molecular flexibility index (Phi) is 4.38. The van der Waals surface area contributed by atoms with Crippen LogP contribution in [0.2, 0.25) is 0 Å². The smallest absolute Gasteiger partial charge is 0.255 e. The number of H-pyrrole nitrogens is 1. The molecule has 0 saturated carbocycles. The van der Waals surface area contributed by atoms with Crippen LogP contribution in [-0.4, -0.2) is 28.8 Å². The van der Waals surface area contributed by atoms with E-state index in [4.69, 9.17) is 4.74 Å². The van der Waals surface area contributed by atoms with Gasteiger partial charge in [-0.15, -0.1) is 0 Å². The van der Waals surface area contributed by atoms with Crippen LogP contribution in [0.1, 0.15) is 26.3 Å². The topological polar surface area (TPSA) is 84.1 Å². The van der Waals surface area contributed by atoms with E-state index in [1.807, 2.05) is 0 Å². The van der Waals surface area contributed by atoms with E-state index in [2.05, 4.69) is 15.3 Å². The molecule has 2 aromatic heterocycles. The monoisotopic (exact) mass is 321 g/mol. The van der Waals surface area contributed by atoms with Crippen LogP contribution in [0, 0.1) is 0 Å². The molecule has 6 nitrogen and oxygen atoms in total. The molecule has 6 heteroatoms. The number of hydrogen-bond acceptors (Lipinski definition) is 4. The number of aromatic nitrogens is 2. The number of nitrogens with zero attached hydrogens (tertiary/aromatic N) is 1. The molecule has 0 saturated heterocycles. The van der Waals surface area contributed by atoms with E-state index in [-0.39, 0.29) is 11.7 Å². The fraction of sp³-hybridized carbons (Fsp3) is 0.0556. The van der Waals surface area contributed by atoms with Crippen molar-refractivity contribution < 1.29 is 14.3 Å². The molecule has 0 aliphatic heterocycles. The maximum atomic E-state index is 12.3. The second kappa shape index (κ2) is 6.78. The number of benzene rings is 1. The van der Waals surface area contributed by atoms with E-state index >= 15 is 0 Å². The number of pyridine rings is 1. The number of aromatic amines is 1. The Morgan fingerprint density at radius 3 is 2.46 bits per heavy atom. The summed E-state index contributed by atoms with van der Waals surface area (Å²) in [5.74, 6) is 0.122. The Morgan fingerprint density at radius 1 is 1.04 bits per heavy atom. The van der Waals surface area contributed by atoms with Gasteiger partial charge in [0.15, 0.2) is 5.78 Å². The van der Waals surface area contributed by atoms with E-state index in [1.165, 1.54) is 13.3 Å². The average molecular weight is 321 g/mol. The highest BCUT2D eigenvalue weighted by atomic mass is 16.5. The zero-order valence-electron chi connectivity index (χ0n) is 12.9. The van der Waals surface area contributed by atoms with Crippen LogP contribution in [0.4, 0.5) is 5.69 Å². The van der Waals surface area contributed by atoms with Gasteiger partial charge in [0.1, 0.15) is 11.4 Å². The Bertz CT molecular complexity index is 855. The molecule has 1 aromatic carbocycles. The van der Waals surface area contributed by atoms with Gasteiger partial charge in [0.25, 0.3) is 5.91 Å². The van der Waals surface area contributed by atoms with Gasteiger partial charge in [0, 0.05) is 41.3 Å². The fourth-order valence-electron chi connectivity index (χ4n) is 2.25. The molecule has 0 radical (unpaired) electrons. The summed E-state index contributed by atoms with van der Waals surface area (Å²) in [4.78, 5) is 31.3. The molecular weight excluding hydrogens is 306 g/mol. The van der Waals surface area contributed by atoms with Gasteiger partial charge in [0.05, 0.1) is 13.3 Å². The molecule has 0 bridgehead atoms. The Morgan fingerprint density at radius 2 is 1.79 bits per heavy atom. The van der Waals surface area contributed by atoms with Crippen LogP contribution in [0.3, 0.4) is 0 Å². The lowest BCUT2D eigenvalue weighted by Gasteiger charge is -2.09. The average Bonchev–Trinajstić information content (AvgIpc) is 3.16. The third-order valence-corrected chi connectivity index (χ3v) is 3.52. The van der Waals surface area contributed by atoms with Crippen molar-refractivity contribution in [2.45, 2.75) is 0 Å². The van der Waals surface area contributed by atoms with Crippen LogP contribution < -0.4 is 10.1 Å². The van der Waals surface area contributed by atoms with E-state index in [0.29, 0.717) is 28.1 Å². The maximum absolute atomic E-state index is 12.3. The molecule has 120 valence electrons. The third kappa shape index (κ3) is 3.17. The lowest BCUT2D eigenvalue weighted by atomic mass is 10.0. The van der Waals surface area contributed by atoms with E-state index < -0.39 is 0 Å². The second-order valence-corrected chi connectivity index (χ2v) is 5.04. The minimum Gasteiger partial charge on any atom is -0.494 e. The molecule has 0 aliphatic rings. The summed E-state index contributed by atoms with van der Waals surface area (Å²) in [6.45, 7) is 0. The van der Waals surface area contributed by atoms with Crippen molar-refractivity contribution in [1.29, 1.82) is 0 Å². The number of methoxy groups -OCH3 is 1. The molecule has 0 atom stereocenters. The van der Waals surface area contributed by atoms with Crippen molar-refractivity contribution in [2.24, 2.45) is 0 Å². The van der Waals surface area contributed by atoms with Crippen molar-refractivity contribution in [3.63, 3.8) is 0 Å². The molecule has 3 aromatic rings. The number of ketones is 1. The molecule has 0 spiro atoms. The number of carbonyl (C=O) groups excluding carboxylic acids is 2. The van der Waals surface area contributed by atoms with Crippen LogP contribution in [-0.2, 0) is 0 Å². The summed E-state index contributed by atoms with van der Waals surface area (Å²) >= 11 is 0. The second-order valence-electron chi connectivity index (χ2n) is 5.04. The number of rotatable bonds is 5. The summed E-state index contributed by atoms with van der Waals surface area (Å²) in [5.41, 5.74) is 2.02. The van der Waals surface area contributed by atoms with Crippen LogP contribution in [0.5, 0.6) is 5.75 Å². The number of hydrogen-bond donors (Lipinski definition) is 2. The van der Waals surface area contributed by atoms with Gasteiger partial charge in [-0.1, -0.05) is 12.1 Å². The van der Waals surface area contributed by atoms with Gasteiger partial charge in [-0.05, 0) is 18.2 Å². The SMILES string of the molecule is COc1ccncc1NC(=O)c1ccc(C(=O)c2cc[nH]c2)cc1. The largest absolute Gasteiger partial charge is 0.494 e. The van der Waals surface area contributed by atoms with Gasteiger partial charge in [-0.3, -0.25) is 14.6 Å². The third-order valence-electron chi connectivity index (χ3n) is 3.52. The number of amides is 1. The molecule has 2 heterocycles. The minimum absolute atomic E-state index is 0.0999. The van der Waals surface area contributed by atoms with Crippen molar-refractivity contribution in [3.05, 3.63) is 77.9 Å².